The number of rotatable bonds is 6. The summed E-state index contributed by atoms with van der Waals surface area (Å²) >= 11 is 0. The molecule has 1 aromatic carbocycles. The van der Waals surface area contributed by atoms with Crippen LogP contribution in [-0.2, 0) is 9.63 Å². The lowest BCUT2D eigenvalue weighted by Crippen LogP contribution is -2.72. The number of hydroxylamine groups is 2. The minimum Gasteiger partial charge on any atom is -0.411 e. The summed E-state index contributed by atoms with van der Waals surface area (Å²) in [4.78, 5) is 20.1. The van der Waals surface area contributed by atoms with E-state index in [4.69, 9.17) is 4.84 Å². The number of benzene rings is 1. The van der Waals surface area contributed by atoms with Crippen LogP contribution in [0.1, 0.15) is 86.8 Å². The summed E-state index contributed by atoms with van der Waals surface area (Å²) < 4.78 is 0. The molecule has 5 heteroatoms. The maximum absolute atomic E-state index is 13.5. The van der Waals surface area contributed by atoms with Crippen LogP contribution in [0.2, 0.25) is 0 Å². The third-order valence-corrected chi connectivity index (χ3v) is 7.31. The van der Waals surface area contributed by atoms with E-state index in [9.17, 15) is 10.0 Å². The first-order chi connectivity index (χ1) is 13.9. The van der Waals surface area contributed by atoms with Crippen LogP contribution in [0.5, 0.6) is 0 Å². The minimum absolute atomic E-state index is 0.0808. The van der Waals surface area contributed by atoms with E-state index in [1.165, 1.54) is 0 Å². The van der Waals surface area contributed by atoms with Gasteiger partial charge >= 0.3 is 0 Å². The van der Waals surface area contributed by atoms with Crippen molar-refractivity contribution in [2.45, 2.75) is 92.3 Å². The molecule has 0 saturated carbocycles. The van der Waals surface area contributed by atoms with Crippen LogP contribution in [0, 0.1) is 17.3 Å². The Bertz CT molecular complexity index is 770. The summed E-state index contributed by atoms with van der Waals surface area (Å²) in [6.07, 6.45) is 1.28. The van der Waals surface area contributed by atoms with E-state index in [1.807, 2.05) is 57.9 Å². The molecule has 168 valence electrons. The lowest BCUT2D eigenvalue weighted by molar-refractivity contribution is -0.304. The summed E-state index contributed by atoms with van der Waals surface area (Å²) in [5.74, 6) is -0.433. The number of piperidine rings is 1. The normalized spacial score (nSPS) is 32.9. The highest BCUT2D eigenvalue weighted by Gasteiger charge is 2.60. The van der Waals surface area contributed by atoms with E-state index >= 15 is 0 Å². The lowest BCUT2D eigenvalue weighted by Gasteiger charge is -2.60. The molecule has 0 bridgehead atoms. The van der Waals surface area contributed by atoms with Crippen molar-refractivity contribution in [2.24, 2.45) is 22.4 Å². The summed E-state index contributed by atoms with van der Waals surface area (Å²) in [5.41, 5.74) is -0.0618. The predicted octanol–water partition coefficient (Wildman–Crippen LogP) is 6.03. The molecule has 1 heterocycles. The van der Waals surface area contributed by atoms with Gasteiger partial charge in [0.15, 0.2) is 0 Å². The van der Waals surface area contributed by atoms with Gasteiger partial charge in [-0.25, -0.2) is 0 Å². The second kappa shape index (κ2) is 8.80. The molecule has 0 amide bonds. The molecule has 5 atom stereocenters. The third kappa shape index (κ3) is 4.06. The number of ketones is 1. The molecule has 1 aromatic rings. The highest BCUT2D eigenvalue weighted by molar-refractivity contribution is 6.11. The van der Waals surface area contributed by atoms with E-state index < -0.39 is 22.4 Å². The molecule has 1 aliphatic heterocycles. The monoisotopic (exact) mass is 416 g/mol. The highest BCUT2D eigenvalue weighted by atomic mass is 16.7. The fraction of sp³-hybridized carbons (Fsp3) is 0.680. The van der Waals surface area contributed by atoms with Crippen molar-refractivity contribution in [3.05, 3.63) is 35.9 Å². The predicted molar refractivity (Wildman–Crippen MR) is 122 cm³/mol. The number of carbonyl (C=O) groups excluding carboxylic acids is 1. The molecular weight excluding hydrogens is 376 g/mol. The van der Waals surface area contributed by atoms with Crippen LogP contribution >= 0.6 is 0 Å². The number of hydrogen-bond donors (Lipinski definition) is 1. The van der Waals surface area contributed by atoms with Gasteiger partial charge in [-0.3, -0.25) is 9.63 Å². The Hall–Kier alpha value is -1.72. The summed E-state index contributed by atoms with van der Waals surface area (Å²) in [6, 6.07) is 10.1. The zero-order valence-electron chi connectivity index (χ0n) is 20.2. The molecule has 5 unspecified atom stereocenters. The van der Waals surface area contributed by atoms with Crippen molar-refractivity contribution in [2.75, 3.05) is 0 Å². The number of Topliss-reactive ketones (excluding diaryl/α,β-unsaturated/α-hetero) is 1. The Labute approximate surface area is 182 Å². The third-order valence-electron chi connectivity index (χ3n) is 7.31. The SMILES string of the molecule is CCC1(C)/C(=N/O)C(C(=O)C(C)(C)C)C(C)C(C)(CC)N1OC(C)c1ccccc1. The lowest BCUT2D eigenvalue weighted by atomic mass is 9.60. The van der Waals surface area contributed by atoms with Crippen LogP contribution in [-0.4, -0.2) is 32.8 Å². The second-order valence-corrected chi connectivity index (χ2v) is 10.2. The number of carbonyl (C=O) groups is 1. The maximum Gasteiger partial charge on any atom is 0.147 e. The maximum atomic E-state index is 13.5. The molecule has 2 rings (SSSR count). The van der Waals surface area contributed by atoms with Gasteiger partial charge in [0.05, 0.1) is 17.2 Å². The summed E-state index contributed by atoms with van der Waals surface area (Å²) in [6.45, 7) is 18.3. The molecule has 0 radical (unpaired) electrons. The Morgan fingerprint density at radius 3 is 2.20 bits per heavy atom. The molecule has 5 nitrogen and oxygen atoms in total. The standard InChI is InChI=1S/C25H40N2O3/c1-10-24(8)17(3)20(22(28)23(5,6)7)21(26-29)25(9,11-2)27(24)30-18(4)19-15-13-12-14-16-19/h12-18,20,29H,10-11H2,1-9H3/b26-21+. The average Bonchev–Trinajstić information content (AvgIpc) is 2.72. The van der Waals surface area contributed by atoms with Gasteiger partial charge < -0.3 is 5.21 Å². The first-order valence-electron chi connectivity index (χ1n) is 11.2. The molecule has 0 spiro atoms. The van der Waals surface area contributed by atoms with Crippen LogP contribution in [0.3, 0.4) is 0 Å². The van der Waals surface area contributed by atoms with Crippen LogP contribution in [0.25, 0.3) is 0 Å². The fourth-order valence-corrected chi connectivity index (χ4v) is 4.74. The topological polar surface area (TPSA) is 62.1 Å². The molecular formula is C25H40N2O3. The van der Waals surface area contributed by atoms with Gasteiger partial charge in [0, 0.05) is 11.0 Å². The molecule has 1 N–H and O–H groups in total. The minimum atomic E-state index is -0.708. The van der Waals surface area contributed by atoms with Crippen LogP contribution < -0.4 is 0 Å². The number of nitrogens with zero attached hydrogens (tertiary/aromatic N) is 2. The quantitative estimate of drug-likeness (QED) is 0.454. The first kappa shape index (κ1) is 24.5. The largest absolute Gasteiger partial charge is 0.411 e. The summed E-state index contributed by atoms with van der Waals surface area (Å²) in [7, 11) is 0. The van der Waals surface area contributed by atoms with Crippen molar-refractivity contribution in [1.82, 2.24) is 5.06 Å². The molecule has 1 saturated heterocycles. The Morgan fingerprint density at radius 2 is 1.77 bits per heavy atom. The van der Waals surface area contributed by atoms with Crippen molar-refractivity contribution in [3.63, 3.8) is 0 Å². The Kier molecular flexibility index (Phi) is 7.20. The van der Waals surface area contributed by atoms with E-state index in [2.05, 4.69) is 45.0 Å². The van der Waals surface area contributed by atoms with E-state index in [0.717, 1.165) is 12.0 Å². The number of oxime groups is 1. The van der Waals surface area contributed by atoms with Gasteiger partial charge in [-0.05, 0) is 45.1 Å². The summed E-state index contributed by atoms with van der Waals surface area (Å²) in [5, 5.41) is 15.9. The molecule has 1 aliphatic rings. The highest BCUT2D eigenvalue weighted by Crippen LogP contribution is 2.49. The van der Waals surface area contributed by atoms with E-state index in [1.54, 1.807) is 0 Å². The Morgan fingerprint density at radius 1 is 1.20 bits per heavy atom. The smallest absolute Gasteiger partial charge is 0.147 e. The van der Waals surface area contributed by atoms with Gasteiger partial charge in [0.25, 0.3) is 0 Å². The molecule has 0 aliphatic carbocycles. The van der Waals surface area contributed by atoms with Crippen molar-refractivity contribution in [3.8, 4) is 0 Å². The van der Waals surface area contributed by atoms with Gasteiger partial charge in [-0.1, -0.05) is 77.0 Å². The zero-order chi connectivity index (χ0) is 22.9. The van der Waals surface area contributed by atoms with Gasteiger partial charge in [0.2, 0.25) is 0 Å². The van der Waals surface area contributed by atoms with Gasteiger partial charge in [0.1, 0.15) is 11.9 Å². The Balaban J connectivity index is 2.60. The molecule has 30 heavy (non-hydrogen) atoms. The average molecular weight is 417 g/mol. The second-order valence-electron chi connectivity index (χ2n) is 10.2. The molecule has 0 aromatic heterocycles. The zero-order valence-corrected chi connectivity index (χ0v) is 20.2. The first-order valence-corrected chi connectivity index (χ1v) is 11.2. The molecule has 1 fully saturated rings. The van der Waals surface area contributed by atoms with Gasteiger partial charge in [-0.2, -0.15) is 5.06 Å². The number of hydrogen-bond acceptors (Lipinski definition) is 5. The van der Waals surface area contributed by atoms with E-state index in [0.29, 0.717) is 12.1 Å². The fourth-order valence-electron chi connectivity index (χ4n) is 4.74. The van der Waals surface area contributed by atoms with Crippen LogP contribution in [0.4, 0.5) is 0 Å². The van der Waals surface area contributed by atoms with Crippen molar-refractivity contribution >= 4 is 11.5 Å². The van der Waals surface area contributed by atoms with Crippen molar-refractivity contribution in [1.29, 1.82) is 0 Å². The van der Waals surface area contributed by atoms with E-state index in [-0.39, 0.29) is 17.8 Å². The van der Waals surface area contributed by atoms with Crippen molar-refractivity contribution < 1.29 is 14.8 Å². The van der Waals surface area contributed by atoms with Crippen LogP contribution in [0.15, 0.2) is 35.5 Å². The van der Waals surface area contributed by atoms with Gasteiger partial charge in [-0.15, -0.1) is 0 Å².